The summed E-state index contributed by atoms with van der Waals surface area (Å²) < 4.78 is 5.54. The molecule has 1 aliphatic heterocycles. The van der Waals surface area contributed by atoms with Gasteiger partial charge in [0, 0.05) is 17.9 Å². The summed E-state index contributed by atoms with van der Waals surface area (Å²) in [5.41, 5.74) is 0.215. The minimum atomic E-state index is 0.215. The van der Waals surface area contributed by atoms with Crippen molar-refractivity contribution in [1.29, 1.82) is 0 Å². The van der Waals surface area contributed by atoms with Crippen molar-refractivity contribution >= 4 is 16.9 Å². The Balaban J connectivity index is 1.80. The molecule has 0 atom stereocenters. The van der Waals surface area contributed by atoms with Crippen LogP contribution in [0.2, 0.25) is 0 Å². The van der Waals surface area contributed by atoms with E-state index in [0.717, 1.165) is 24.6 Å². The van der Waals surface area contributed by atoms with Crippen molar-refractivity contribution in [1.82, 2.24) is 5.32 Å². The highest BCUT2D eigenvalue weighted by molar-refractivity contribution is 8.13. The van der Waals surface area contributed by atoms with Crippen molar-refractivity contribution in [2.45, 2.75) is 57.7 Å². The van der Waals surface area contributed by atoms with Crippen LogP contribution in [0.4, 0.5) is 0 Å². The number of nitrogens with zero attached hydrogens (tertiary/aromatic N) is 1. The first-order valence-corrected chi connectivity index (χ1v) is 7.18. The van der Waals surface area contributed by atoms with Gasteiger partial charge in [-0.2, -0.15) is 0 Å². The van der Waals surface area contributed by atoms with Gasteiger partial charge >= 0.3 is 0 Å². The fourth-order valence-corrected chi connectivity index (χ4v) is 3.42. The summed E-state index contributed by atoms with van der Waals surface area (Å²) in [6.45, 7) is 7.37. The van der Waals surface area contributed by atoms with Crippen LogP contribution in [0.3, 0.4) is 0 Å². The predicted molar refractivity (Wildman–Crippen MR) is 70.2 cm³/mol. The number of thioether (sulfide) groups is 1. The molecule has 1 heterocycles. The molecule has 1 N–H and O–H groups in total. The molecule has 1 aliphatic carbocycles. The van der Waals surface area contributed by atoms with Gasteiger partial charge in [-0.3, -0.25) is 4.99 Å². The summed E-state index contributed by atoms with van der Waals surface area (Å²) in [7, 11) is 0. The van der Waals surface area contributed by atoms with E-state index in [1.807, 2.05) is 11.8 Å². The molecule has 16 heavy (non-hydrogen) atoms. The second-order valence-corrected chi connectivity index (χ2v) is 6.33. The maximum atomic E-state index is 5.54. The van der Waals surface area contributed by atoms with Crippen LogP contribution in [0.25, 0.3) is 0 Å². The molecular weight excluding hydrogens is 220 g/mol. The van der Waals surface area contributed by atoms with Crippen LogP contribution in [-0.4, -0.2) is 35.2 Å². The summed E-state index contributed by atoms with van der Waals surface area (Å²) >= 11 is 1.86. The van der Waals surface area contributed by atoms with Gasteiger partial charge in [-0.05, 0) is 40.0 Å². The lowest BCUT2D eigenvalue weighted by Gasteiger charge is -2.36. The molecule has 0 spiro atoms. The quantitative estimate of drug-likeness (QED) is 0.825. The van der Waals surface area contributed by atoms with E-state index in [2.05, 4.69) is 26.1 Å². The molecule has 0 unspecified atom stereocenters. The van der Waals surface area contributed by atoms with Gasteiger partial charge in [0.2, 0.25) is 0 Å². The Labute approximate surface area is 102 Å². The van der Waals surface area contributed by atoms with Crippen LogP contribution >= 0.6 is 11.8 Å². The van der Waals surface area contributed by atoms with E-state index in [4.69, 9.17) is 9.73 Å². The van der Waals surface area contributed by atoms with Crippen LogP contribution in [0, 0.1) is 0 Å². The zero-order valence-electron chi connectivity index (χ0n) is 10.5. The average molecular weight is 242 g/mol. The molecular formula is C12H22N2OS. The lowest BCUT2D eigenvalue weighted by molar-refractivity contribution is -0.000707. The highest BCUT2D eigenvalue weighted by atomic mass is 32.2. The van der Waals surface area contributed by atoms with Crippen molar-refractivity contribution in [2.24, 2.45) is 4.99 Å². The fraction of sp³-hybridized carbons (Fsp3) is 0.917. The van der Waals surface area contributed by atoms with E-state index in [9.17, 15) is 0 Å². The summed E-state index contributed by atoms with van der Waals surface area (Å²) in [5, 5.41) is 4.65. The minimum absolute atomic E-state index is 0.215. The van der Waals surface area contributed by atoms with Crippen molar-refractivity contribution in [2.75, 3.05) is 12.4 Å². The van der Waals surface area contributed by atoms with Crippen molar-refractivity contribution < 1.29 is 4.74 Å². The zero-order valence-corrected chi connectivity index (χ0v) is 11.3. The van der Waals surface area contributed by atoms with Gasteiger partial charge in [-0.1, -0.05) is 11.8 Å². The Morgan fingerprint density at radius 2 is 2.25 bits per heavy atom. The van der Waals surface area contributed by atoms with Crippen LogP contribution in [0.15, 0.2) is 4.99 Å². The van der Waals surface area contributed by atoms with Crippen LogP contribution in [0.1, 0.15) is 40.0 Å². The van der Waals surface area contributed by atoms with Gasteiger partial charge < -0.3 is 10.1 Å². The number of ether oxygens (including phenoxy) is 1. The van der Waals surface area contributed by atoms with Crippen LogP contribution in [-0.2, 0) is 4.74 Å². The zero-order chi connectivity index (χ0) is 11.6. The standard InChI is InChI=1S/C12H22N2OS/c1-4-15-10-7-9(8-10)13-11-14-12(2,3)5-6-16-11/h9-10H,4-8H2,1-3H3,(H,13,14). The molecule has 0 bridgehead atoms. The Hall–Kier alpha value is -0.220. The smallest absolute Gasteiger partial charge is 0.157 e. The maximum absolute atomic E-state index is 5.54. The first-order valence-electron chi connectivity index (χ1n) is 6.19. The molecule has 1 saturated carbocycles. The third kappa shape index (κ3) is 3.14. The van der Waals surface area contributed by atoms with E-state index in [1.54, 1.807) is 0 Å². The summed E-state index contributed by atoms with van der Waals surface area (Å²) in [5.74, 6) is 1.18. The number of aliphatic imine (C=N–C) groups is 1. The van der Waals surface area contributed by atoms with Gasteiger partial charge in [-0.25, -0.2) is 0 Å². The maximum Gasteiger partial charge on any atom is 0.157 e. The molecule has 2 rings (SSSR count). The SMILES string of the molecule is CCOC1CC(N=C2NC(C)(C)CCS2)C1. The number of hydrogen-bond donors (Lipinski definition) is 1. The lowest BCUT2D eigenvalue weighted by atomic mass is 9.90. The summed E-state index contributed by atoms with van der Waals surface area (Å²) in [6, 6.07) is 0.487. The number of amidine groups is 1. The molecule has 0 radical (unpaired) electrons. The van der Waals surface area contributed by atoms with Gasteiger partial charge in [0.15, 0.2) is 5.17 Å². The topological polar surface area (TPSA) is 33.6 Å². The van der Waals surface area contributed by atoms with E-state index in [1.165, 1.54) is 12.2 Å². The minimum Gasteiger partial charge on any atom is -0.378 e. The van der Waals surface area contributed by atoms with E-state index in [0.29, 0.717) is 12.1 Å². The predicted octanol–water partition coefficient (Wildman–Crippen LogP) is 2.42. The Morgan fingerprint density at radius 1 is 1.50 bits per heavy atom. The monoisotopic (exact) mass is 242 g/mol. The third-order valence-corrected chi connectivity index (χ3v) is 4.07. The van der Waals surface area contributed by atoms with E-state index < -0.39 is 0 Å². The molecule has 2 fully saturated rings. The lowest BCUT2D eigenvalue weighted by Crippen LogP contribution is -2.47. The first kappa shape index (κ1) is 12.2. The van der Waals surface area contributed by atoms with Crippen molar-refractivity contribution in [3.8, 4) is 0 Å². The van der Waals surface area contributed by atoms with E-state index >= 15 is 0 Å². The van der Waals surface area contributed by atoms with Gasteiger partial charge in [0.05, 0.1) is 12.1 Å². The summed E-state index contributed by atoms with van der Waals surface area (Å²) in [6.07, 6.45) is 3.86. The molecule has 1 saturated heterocycles. The molecule has 92 valence electrons. The number of rotatable bonds is 3. The van der Waals surface area contributed by atoms with Crippen molar-refractivity contribution in [3.05, 3.63) is 0 Å². The molecule has 0 aromatic rings. The van der Waals surface area contributed by atoms with Crippen LogP contribution < -0.4 is 5.32 Å². The normalized spacial score (nSPS) is 35.6. The second kappa shape index (κ2) is 4.96. The second-order valence-electron chi connectivity index (χ2n) is 5.24. The Kier molecular flexibility index (Phi) is 3.80. The number of hydrogen-bond acceptors (Lipinski definition) is 3. The average Bonchev–Trinajstić information content (AvgIpc) is 2.13. The Bertz CT molecular complexity index is 272. The first-order chi connectivity index (χ1) is 7.59. The van der Waals surface area contributed by atoms with Gasteiger partial charge in [0.1, 0.15) is 0 Å². The van der Waals surface area contributed by atoms with Crippen molar-refractivity contribution in [3.63, 3.8) is 0 Å². The molecule has 0 aromatic heterocycles. The van der Waals surface area contributed by atoms with Gasteiger partial charge in [0.25, 0.3) is 0 Å². The highest BCUT2D eigenvalue weighted by Crippen LogP contribution is 2.29. The molecule has 3 nitrogen and oxygen atoms in total. The fourth-order valence-electron chi connectivity index (χ4n) is 2.04. The molecule has 0 aromatic carbocycles. The molecule has 4 heteroatoms. The molecule has 0 amide bonds. The third-order valence-electron chi connectivity index (χ3n) is 3.18. The van der Waals surface area contributed by atoms with E-state index in [-0.39, 0.29) is 5.54 Å². The highest BCUT2D eigenvalue weighted by Gasteiger charge is 2.31. The summed E-state index contributed by atoms with van der Waals surface area (Å²) in [4.78, 5) is 4.76. The van der Waals surface area contributed by atoms with Crippen LogP contribution in [0.5, 0.6) is 0 Å². The largest absolute Gasteiger partial charge is 0.378 e. The van der Waals surface area contributed by atoms with Gasteiger partial charge in [-0.15, -0.1) is 0 Å². The molecule has 2 aliphatic rings. The number of nitrogens with one attached hydrogen (secondary N) is 1. The Morgan fingerprint density at radius 3 is 2.88 bits per heavy atom.